The van der Waals surface area contributed by atoms with Crippen LogP contribution in [0.15, 0.2) is 12.1 Å². The Morgan fingerprint density at radius 3 is 3.22 bits per heavy atom. The molecule has 5 nitrogen and oxygen atoms in total. The maximum atomic E-state index is 12.9. The number of ketones is 1. The molecule has 0 amide bonds. The van der Waals surface area contributed by atoms with Gasteiger partial charge in [0, 0.05) is 22.1 Å². The Bertz CT molecular complexity index is 967. The van der Waals surface area contributed by atoms with Crippen LogP contribution in [-0.4, -0.2) is 54.1 Å². The molecule has 1 saturated carbocycles. The van der Waals surface area contributed by atoms with Gasteiger partial charge in [-0.1, -0.05) is 6.04 Å². The Labute approximate surface area is 143 Å². The Balaban J connectivity index is 1.89. The molecular weight excluding hydrogens is 294 g/mol. The second kappa shape index (κ2) is 4.08. The van der Waals surface area contributed by atoms with Crippen LogP contribution in [0.5, 0.6) is 11.5 Å². The number of hydrogen-bond acceptors (Lipinski definition) is 5. The van der Waals surface area contributed by atoms with E-state index in [1.165, 1.54) is 12.0 Å². The average Bonchev–Trinajstić information content (AvgIpc) is 2.89. The first kappa shape index (κ1) is 9.04. The summed E-state index contributed by atoms with van der Waals surface area (Å²) in [4.78, 5) is 14.2. The monoisotopic (exact) mass is 321 g/mol. The summed E-state index contributed by atoms with van der Waals surface area (Å²) >= 11 is 0. The third-order valence-corrected chi connectivity index (χ3v) is 6.06. The van der Waals surface area contributed by atoms with E-state index in [0.29, 0.717) is 11.1 Å². The van der Waals surface area contributed by atoms with Crippen LogP contribution < -0.4 is 9.47 Å². The minimum absolute atomic E-state index is 0.0181. The molecule has 2 heterocycles. The fraction of sp³-hybridized carbons (Fsp3) is 0.611. The van der Waals surface area contributed by atoms with Gasteiger partial charge in [0.15, 0.2) is 23.4 Å². The number of carbonyl (C=O) groups is 1. The second-order valence-electron chi connectivity index (χ2n) is 6.81. The van der Waals surface area contributed by atoms with Gasteiger partial charge in [0.05, 0.1) is 22.2 Å². The van der Waals surface area contributed by atoms with Gasteiger partial charge < -0.3 is 19.5 Å². The number of nitrogens with zero attached hydrogens (tertiary/aromatic N) is 1. The molecule has 1 spiro atoms. The van der Waals surface area contributed by atoms with Crippen molar-refractivity contribution in [3.63, 3.8) is 0 Å². The summed E-state index contributed by atoms with van der Waals surface area (Å²) in [5, 5.41) is 12.0. The van der Waals surface area contributed by atoms with Crippen LogP contribution in [-0.2, 0) is 16.6 Å². The van der Waals surface area contributed by atoms with Crippen molar-refractivity contribution >= 4 is 5.78 Å². The number of likely N-dealkylation sites (tertiary alicyclic amines) is 1. The van der Waals surface area contributed by atoms with Crippen molar-refractivity contribution in [3.8, 4) is 11.5 Å². The highest BCUT2D eigenvalue weighted by Gasteiger charge is 2.72. The zero-order valence-electron chi connectivity index (χ0n) is 18.7. The highest BCUT2D eigenvalue weighted by atomic mass is 16.5. The van der Waals surface area contributed by atoms with E-state index < -0.39 is 35.9 Å². The third kappa shape index (κ3) is 1.32. The summed E-state index contributed by atoms with van der Waals surface area (Å²) in [6.45, 7) is -2.43. The summed E-state index contributed by atoms with van der Waals surface area (Å²) in [6, 6.07) is -1.30. The lowest BCUT2D eigenvalue weighted by atomic mass is 9.49. The molecule has 2 bridgehead atoms. The number of carbonyl (C=O) groups excluding carboxylic acids is 1. The average molecular weight is 321 g/mol. The molecule has 1 N–H and O–H groups in total. The number of hydrogen-bond donors (Lipinski definition) is 1. The molecule has 1 aromatic rings. The van der Waals surface area contributed by atoms with E-state index in [9.17, 15) is 9.90 Å². The largest absolute Gasteiger partial charge is 0.493 e. The zero-order chi connectivity index (χ0) is 21.1. The smallest absolute Gasteiger partial charge is 0.174 e. The van der Waals surface area contributed by atoms with Gasteiger partial charge in [-0.15, -0.1) is 0 Å². The van der Waals surface area contributed by atoms with Gasteiger partial charge in [-0.3, -0.25) is 4.79 Å². The standard InChI is InChI=1S/C18H21NO4/c1-19-8-7-17-14-10-3-4-12(22-2)15(14)23-16(17)11(20)5-6-18(17,21)13(19)9-10/h3-4,13,16,21H,5-9H2,1-2H3/t13-,16?,17+,18-/m1/s1/i1D3,3D,4D,16D. The Morgan fingerprint density at radius 1 is 1.57 bits per heavy atom. The maximum absolute atomic E-state index is 12.9. The van der Waals surface area contributed by atoms with Gasteiger partial charge in [-0.25, -0.2) is 0 Å². The van der Waals surface area contributed by atoms with Crippen molar-refractivity contribution in [1.29, 1.82) is 0 Å². The molecule has 122 valence electrons. The van der Waals surface area contributed by atoms with Crippen molar-refractivity contribution in [3.05, 3.63) is 23.2 Å². The predicted octanol–water partition coefficient (Wildman–Crippen LogP) is 1.05. The van der Waals surface area contributed by atoms with Gasteiger partial charge in [0.25, 0.3) is 0 Å². The summed E-state index contributed by atoms with van der Waals surface area (Å²) in [5.41, 5.74) is -2.45. The minimum Gasteiger partial charge on any atom is -0.493 e. The quantitative estimate of drug-likeness (QED) is 0.838. The first-order valence-corrected chi connectivity index (χ1v) is 7.86. The van der Waals surface area contributed by atoms with Crippen LogP contribution in [0, 0.1) is 0 Å². The van der Waals surface area contributed by atoms with Crippen LogP contribution in [0.1, 0.15) is 38.6 Å². The van der Waals surface area contributed by atoms with Gasteiger partial charge >= 0.3 is 0 Å². The molecular formula is C18H21NO4. The number of likely N-dealkylation sites (N-methyl/N-ethyl adjacent to an activating group) is 1. The van der Waals surface area contributed by atoms with Gasteiger partial charge in [-0.05, 0) is 44.4 Å². The Morgan fingerprint density at radius 2 is 2.43 bits per heavy atom. The molecule has 2 aliphatic heterocycles. The lowest BCUT2D eigenvalue weighted by Crippen LogP contribution is -2.76. The van der Waals surface area contributed by atoms with E-state index in [0.717, 1.165) is 0 Å². The molecule has 2 fully saturated rings. The minimum atomic E-state index is -2.48. The number of aliphatic hydroxyl groups is 1. The molecule has 23 heavy (non-hydrogen) atoms. The van der Waals surface area contributed by atoms with Crippen LogP contribution in [0.3, 0.4) is 0 Å². The molecule has 0 radical (unpaired) electrons. The fourth-order valence-corrected chi connectivity index (χ4v) is 5.07. The number of piperidine rings is 1. The Hall–Kier alpha value is -1.59. The molecule has 0 aromatic heterocycles. The third-order valence-electron chi connectivity index (χ3n) is 6.06. The highest BCUT2D eigenvalue weighted by Crippen LogP contribution is 2.64. The fourth-order valence-electron chi connectivity index (χ4n) is 5.07. The van der Waals surface area contributed by atoms with Gasteiger partial charge in [0.1, 0.15) is 0 Å². The summed E-state index contributed by atoms with van der Waals surface area (Å²) in [5.74, 6) is -0.462. The van der Waals surface area contributed by atoms with Crippen molar-refractivity contribution in [2.75, 3.05) is 20.6 Å². The van der Waals surface area contributed by atoms with Crippen molar-refractivity contribution in [2.45, 2.75) is 48.8 Å². The molecule has 1 aromatic carbocycles. The predicted molar refractivity (Wildman–Crippen MR) is 83.0 cm³/mol. The van der Waals surface area contributed by atoms with Crippen LogP contribution >= 0.6 is 0 Å². The number of methoxy groups -OCH3 is 1. The molecule has 5 heteroatoms. The lowest BCUT2D eigenvalue weighted by Gasteiger charge is -2.62. The molecule has 1 unspecified atom stereocenters. The summed E-state index contributed by atoms with van der Waals surface area (Å²) < 4.78 is 60.9. The Kier molecular flexibility index (Phi) is 1.60. The summed E-state index contributed by atoms with van der Waals surface area (Å²) in [6.07, 6.45) is -2.19. The van der Waals surface area contributed by atoms with E-state index >= 15 is 0 Å². The second-order valence-corrected chi connectivity index (χ2v) is 6.81. The highest BCUT2D eigenvalue weighted by molar-refractivity contribution is 5.90. The summed E-state index contributed by atoms with van der Waals surface area (Å²) in [7, 11) is 1.33. The van der Waals surface area contributed by atoms with E-state index in [1.807, 2.05) is 0 Å². The maximum Gasteiger partial charge on any atom is 0.174 e. The van der Waals surface area contributed by atoms with Crippen molar-refractivity contribution < 1.29 is 27.6 Å². The number of benzene rings is 1. The van der Waals surface area contributed by atoms with E-state index in [1.54, 1.807) is 0 Å². The number of ether oxygens (including phenoxy) is 2. The van der Waals surface area contributed by atoms with Crippen LogP contribution in [0.4, 0.5) is 0 Å². The molecule has 5 rings (SSSR count). The van der Waals surface area contributed by atoms with E-state index in [2.05, 4.69) is 0 Å². The lowest BCUT2D eigenvalue weighted by molar-refractivity contribution is -0.185. The normalized spacial score (nSPS) is 48.1. The van der Waals surface area contributed by atoms with E-state index in [-0.39, 0.29) is 55.8 Å². The van der Waals surface area contributed by atoms with Crippen molar-refractivity contribution in [1.82, 2.24) is 4.90 Å². The SMILES string of the molecule is [2H]c1c([2H])c(OC)c2c3c1C[C@H]1N(C([2H])([2H])[2H])CC[C@@]34C([2H])(O2)C(=O)CC[C@@]14O. The number of Topliss-reactive ketones (excluding diaryl/α,β-unsaturated/α-hetero) is 1. The molecule has 1 saturated heterocycles. The van der Waals surface area contributed by atoms with Crippen molar-refractivity contribution in [2.24, 2.45) is 0 Å². The molecule has 4 aliphatic rings. The van der Waals surface area contributed by atoms with Crippen LogP contribution in [0.2, 0.25) is 0 Å². The first-order valence-electron chi connectivity index (χ1n) is 10.9. The zero-order valence-corrected chi connectivity index (χ0v) is 12.7. The molecule has 2 aliphatic carbocycles. The topological polar surface area (TPSA) is 59.0 Å². The van der Waals surface area contributed by atoms with E-state index in [4.69, 9.17) is 17.7 Å². The van der Waals surface area contributed by atoms with Gasteiger partial charge in [0.2, 0.25) is 0 Å². The van der Waals surface area contributed by atoms with Gasteiger partial charge in [-0.2, -0.15) is 0 Å². The van der Waals surface area contributed by atoms with Crippen LogP contribution in [0.25, 0.3) is 0 Å². The number of rotatable bonds is 1. The first-order chi connectivity index (χ1) is 13.4. The molecule has 4 atom stereocenters.